The van der Waals surface area contributed by atoms with E-state index in [1.54, 1.807) is 24.3 Å². The van der Waals surface area contributed by atoms with E-state index in [9.17, 15) is 0 Å². The fourth-order valence-electron chi connectivity index (χ4n) is 1.69. The Morgan fingerprint density at radius 2 is 1.95 bits per heavy atom. The van der Waals surface area contributed by atoms with Gasteiger partial charge in [-0.25, -0.2) is 9.05 Å². The number of aryl methyl sites for hydroxylation is 1. The molecule has 1 unspecified atom stereocenters. The molecule has 0 amide bonds. The monoisotopic (exact) mass is 302 g/mol. The first-order valence-corrected chi connectivity index (χ1v) is 8.33. The van der Waals surface area contributed by atoms with Crippen molar-refractivity contribution in [2.45, 2.75) is 13.3 Å². The molecular formula is C15H13NO2PS+. The number of nitrogens with zero attached hydrogens (tertiary/aromatic N) is 1. The van der Waals surface area contributed by atoms with Crippen LogP contribution in [0.15, 0.2) is 48.5 Å². The van der Waals surface area contributed by atoms with Crippen LogP contribution >= 0.6 is 7.15 Å². The highest BCUT2D eigenvalue weighted by atomic mass is 32.4. The third-order valence-corrected chi connectivity index (χ3v) is 3.82. The highest BCUT2D eigenvalue weighted by Gasteiger charge is 2.19. The van der Waals surface area contributed by atoms with Gasteiger partial charge in [0.15, 0.2) is 11.5 Å². The molecule has 5 heteroatoms. The van der Waals surface area contributed by atoms with Gasteiger partial charge in [0.25, 0.3) is 11.8 Å². The van der Waals surface area contributed by atoms with Crippen molar-refractivity contribution in [1.29, 1.82) is 5.26 Å². The van der Waals surface area contributed by atoms with Crippen LogP contribution < -0.4 is 9.05 Å². The van der Waals surface area contributed by atoms with Crippen molar-refractivity contribution in [2.75, 3.05) is 0 Å². The van der Waals surface area contributed by atoms with Gasteiger partial charge in [-0.15, -0.1) is 0 Å². The molecule has 0 bridgehead atoms. The van der Waals surface area contributed by atoms with E-state index < -0.39 is 7.15 Å². The van der Waals surface area contributed by atoms with E-state index in [1.807, 2.05) is 24.3 Å². The van der Waals surface area contributed by atoms with Crippen LogP contribution in [0, 0.1) is 11.3 Å². The van der Waals surface area contributed by atoms with Crippen molar-refractivity contribution in [3.63, 3.8) is 0 Å². The first-order valence-electron chi connectivity index (χ1n) is 6.14. The summed E-state index contributed by atoms with van der Waals surface area (Å²) in [5, 5.41) is 8.84. The average molecular weight is 302 g/mol. The van der Waals surface area contributed by atoms with Gasteiger partial charge in [0.1, 0.15) is 0 Å². The van der Waals surface area contributed by atoms with Crippen molar-refractivity contribution in [1.82, 2.24) is 0 Å². The van der Waals surface area contributed by atoms with Gasteiger partial charge in [0.2, 0.25) is 0 Å². The van der Waals surface area contributed by atoms with Gasteiger partial charge < -0.3 is 0 Å². The summed E-state index contributed by atoms with van der Waals surface area (Å²) in [5.74, 6) is 1.31. The van der Waals surface area contributed by atoms with E-state index >= 15 is 0 Å². The van der Waals surface area contributed by atoms with Crippen LogP contribution in [0.3, 0.4) is 0 Å². The second kappa shape index (κ2) is 7.00. The summed E-state index contributed by atoms with van der Waals surface area (Å²) < 4.78 is 11.3. The second-order valence-electron chi connectivity index (χ2n) is 4.01. The summed E-state index contributed by atoms with van der Waals surface area (Å²) in [4.78, 5) is 0. The number of hydrogen-bond donors (Lipinski definition) is 0. The van der Waals surface area contributed by atoms with Gasteiger partial charge in [-0.05, 0) is 30.2 Å². The van der Waals surface area contributed by atoms with Gasteiger partial charge in [-0.1, -0.05) is 31.2 Å². The van der Waals surface area contributed by atoms with E-state index in [1.165, 1.54) is 0 Å². The number of para-hydroxylation sites is 1. The molecule has 20 heavy (non-hydrogen) atoms. The Kier molecular flexibility index (Phi) is 5.06. The van der Waals surface area contributed by atoms with Crippen LogP contribution in [0.1, 0.15) is 18.1 Å². The van der Waals surface area contributed by atoms with Gasteiger partial charge in [-0.2, -0.15) is 5.26 Å². The van der Waals surface area contributed by atoms with Crippen molar-refractivity contribution >= 4 is 19.0 Å². The normalized spacial score (nSPS) is 10.5. The molecule has 0 N–H and O–H groups in total. The molecule has 1 atom stereocenters. The summed E-state index contributed by atoms with van der Waals surface area (Å²) in [6, 6.07) is 16.7. The molecule has 0 saturated heterocycles. The molecule has 0 heterocycles. The fourth-order valence-corrected chi connectivity index (χ4v) is 2.85. The first kappa shape index (κ1) is 14.5. The Balaban J connectivity index is 2.07. The number of hydrogen-bond acceptors (Lipinski definition) is 4. The Morgan fingerprint density at radius 1 is 1.15 bits per heavy atom. The van der Waals surface area contributed by atoms with Crippen LogP contribution in [0.2, 0.25) is 0 Å². The predicted molar refractivity (Wildman–Crippen MR) is 82.5 cm³/mol. The Bertz CT molecular complexity index is 667. The van der Waals surface area contributed by atoms with Crippen molar-refractivity contribution in [3.8, 4) is 17.6 Å². The van der Waals surface area contributed by atoms with E-state index in [0.717, 1.165) is 17.7 Å². The highest BCUT2D eigenvalue weighted by molar-refractivity contribution is 8.01. The van der Waals surface area contributed by atoms with Crippen molar-refractivity contribution in [3.05, 3.63) is 59.7 Å². The fraction of sp³-hybridized carbons (Fsp3) is 0.133. The van der Waals surface area contributed by atoms with Crippen LogP contribution in [0.4, 0.5) is 0 Å². The van der Waals surface area contributed by atoms with Crippen molar-refractivity contribution < 1.29 is 9.05 Å². The zero-order chi connectivity index (χ0) is 14.4. The Morgan fingerprint density at radius 3 is 2.70 bits per heavy atom. The molecule has 2 aromatic rings. The smallest absolute Gasteiger partial charge is 0.243 e. The summed E-state index contributed by atoms with van der Waals surface area (Å²) in [6.07, 6.45) is 0.874. The SMILES string of the molecule is CCc1ccccc1O[P+](=S)Oc1cccc(C#N)c1. The Labute approximate surface area is 124 Å². The lowest BCUT2D eigenvalue weighted by atomic mass is 10.1. The van der Waals surface area contributed by atoms with Crippen LogP contribution in [0.5, 0.6) is 11.5 Å². The summed E-state index contributed by atoms with van der Waals surface area (Å²) in [6.45, 7) is 2.06. The molecule has 0 aromatic heterocycles. The lowest BCUT2D eigenvalue weighted by molar-refractivity contribution is 0.509. The predicted octanol–water partition coefficient (Wildman–Crippen LogP) is 4.35. The second-order valence-corrected chi connectivity index (χ2v) is 5.71. The lowest BCUT2D eigenvalue weighted by Gasteiger charge is -2.01. The summed E-state index contributed by atoms with van der Waals surface area (Å²) >= 11 is 5.23. The minimum Gasteiger partial charge on any atom is -0.243 e. The minimum atomic E-state index is -1.50. The van der Waals surface area contributed by atoms with Crippen molar-refractivity contribution in [2.24, 2.45) is 0 Å². The maximum Gasteiger partial charge on any atom is 0.626 e. The number of rotatable bonds is 5. The maximum absolute atomic E-state index is 8.84. The average Bonchev–Trinajstić information content (AvgIpc) is 2.48. The van der Waals surface area contributed by atoms with Crippen LogP contribution in [-0.2, 0) is 18.2 Å². The molecule has 0 aliphatic rings. The molecule has 0 fully saturated rings. The van der Waals surface area contributed by atoms with Crippen LogP contribution in [0.25, 0.3) is 0 Å². The van der Waals surface area contributed by atoms with Gasteiger partial charge in [0.05, 0.1) is 11.6 Å². The van der Waals surface area contributed by atoms with Gasteiger partial charge in [0, 0.05) is 6.07 Å². The minimum absolute atomic E-state index is 0.537. The van der Waals surface area contributed by atoms with Gasteiger partial charge >= 0.3 is 7.15 Å². The molecule has 2 aromatic carbocycles. The number of nitriles is 1. The summed E-state index contributed by atoms with van der Waals surface area (Å²) in [7, 11) is -1.50. The molecule has 0 aliphatic carbocycles. The molecule has 2 rings (SSSR count). The largest absolute Gasteiger partial charge is 0.626 e. The molecule has 0 saturated carbocycles. The third kappa shape index (κ3) is 3.77. The molecule has 3 nitrogen and oxygen atoms in total. The number of benzene rings is 2. The third-order valence-electron chi connectivity index (χ3n) is 2.67. The maximum atomic E-state index is 8.84. The molecular weight excluding hydrogens is 289 g/mol. The highest BCUT2D eigenvalue weighted by Crippen LogP contribution is 2.33. The zero-order valence-corrected chi connectivity index (χ0v) is 12.7. The van der Waals surface area contributed by atoms with Gasteiger partial charge in [-0.3, -0.25) is 0 Å². The lowest BCUT2D eigenvalue weighted by Crippen LogP contribution is -1.92. The quantitative estimate of drug-likeness (QED) is 0.770. The summed E-state index contributed by atoms with van der Waals surface area (Å²) in [5.41, 5.74) is 1.63. The topological polar surface area (TPSA) is 42.2 Å². The molecule has 0 spiro atoms. The molecule has 0 aliphatic heterocycles. The zero-order valence-electron chi connectivity index (χ0n) is 10.9. The van der Waals surface area contributed by atoms with Crippen LogP contribution in [-0.4, -0.2) is 0 Å². The van der Waals surface area contributed by atoms with E-state index in [2.05, 4.69) is 13.0 Å². The standard InChI is InChI=1S/C15H13NO2PS/c1-2-13-7-3-4-9-15(13)18-19(20)17-14-8-5-6-12(10-14)11-16/h3-10H,2H2,1H3/q+1. The Hall–Kier alpha value is -1.95. The van der Waals surface area contributed by atoms with E-state index in [0.29, 0.717) is 11.3 Å². The van der Waals surface area contributed by atoms with E-state index in [-0.39, 0.29) is 0 Å². The molecule has 100 valence electrons. The van der Waals surface area contributed by atoms with E-state index in [4.69, 9.17) is 26.1 Å². The molecule has 0 radical (unpaired) electrons. The first-order chi connectivity index (χ1) is 9.72.